The number of aryl methyl sites for hydroxylation is 1. The summed E-state index contributed by atoms with van der Waals surface area (Å²) in [5.74, 6) is -0.251. The van der Waals surface area contributed by atoms with Gasteiger partial charge in [0.05, 0.1) is 4.92 Å². The number of carbonyl (C=O) groups is 1. The van der Waals surface area contributed by atoms with E-state index in [-0.39, 0.29) is 30.0 Å². The molecule has 6 nitrogen and oxygen atoms in total. The lowest BCUT2D eigenvalue weighted by atomic mass is 10.1. The molecule has 0 bridgehead atoms. The number of nitro groups is 1. The smallest absolute Gasteiger partial charge is 0.273 e. The molecular formula is C13H18ClN3O3. The molecule has 1 aliphatic heterocycles. The Bertz CT molecular complexity index is 502. The molecule has 110 valence electrons. The number of hydrogen-bond donors (Lipinski definition) is 2. The van der Waals surface area contributed by atoms with Gasteiger partial charge in [-0.3, -0.25) is 14.9 Å². The topological polar surface area (TPSA) is 84.3 Å². The van der Waals surface area contributed by atoms with Crippen molar-refractivity contribution in [3.8, 4) is 0 Å². The minimum absolute atomic E-state index is 0. The standard InChI is InChI=1S/C13H17N3O3.ClH/c1-2-9-3-4-10(7-12(9)16(18)19)13(17)15-11-5-6-14-8-11;/h3-4,7,11,14H,2,5-6,8H2,1H3,(H,15,17);1H. The third-order valence-corrected chi connectivity index (χ3v) is 3.32. The Balaban J connectivity index is 0.00000200. The lowest BCUT2D eigenvalue weighted by Gasteiger charge is -2.11. The highest BCUT2D eigenvalue weighted by atomic mass is 35.5. The van der Waals surface area contributed by atoms with Crippen LogP contribution in [0.25, 0.3) is 0 Å². The molecule has 7 heteroatoms. The number of carbonyl (C=O) groups excluding carboxylic acids is 1. The zero-order chi connectivity index (χ0) is 13.8. The van der Waals surface area contributed by atoms with Gasteiger partial charge < -0.3 is 10.6 Å². The van der Waals surface area contributed by atoms with Crippen molar-refractivity contribution in [2.45, 2.75) is 25.8 Å². The third-order valence-electron chi connectivity index (χ3n) is 3.32. The SMILES string of the molecule is CCc1ccc(C(=O)NC2CCNC2)cc1[N+](=O)[O-].Cl. The fourth-order valence-electron chi connectivity index (χ4n) is 2.22. The fourth-order valence-corrected chi connectivity index (χ4v) is 2.22. The van der Waals surface area contributed by atoms with Gasteiger partial charge in [0.1, 0.15) is 0 Å². The molecule has 1 unspecified atom stereocenters. The molecule has 1 aromatic rings. The van der Waals surface area contributed by atoms with Gasteiger partial charge in [0.15, 0.2) is 0 Å². The molecule has 1 atom stereocenters. The summed E-state index contributed by atoms with van der Waals surface area (Å²) >= 11 is 0. The average molecular weight is 300 g/mol. The van der Waals surface area contributed by atoms with Gasteiger partial charge in [0, 0.05) is 29.8 Å². The van der Waals surface area contributed by atoms with E-state index >= 15 is 0 Å². The van der Waals surface area contributed by atoms with Crippen molar-refractivity contribution in [2.75, 3.05) is 13.1 Å². The number of nitrogens with zero attached hydrogens (tertiary/aromatic N) is 1. The molecule has 1 aromatic carbocycles. The van der Waals surface area contributed by atoms with Gasteiger partial charge in [-0.25, -0.2) is 0 Å². The minimum Gasteiger partial charge on any atom is -0.348 e. The second-order valence-electron chi connectivity index (χ2n) is 4.62. The van der Waals surface area contributed by atoms with E-state index in [4.69, 9.17) is 0 Å². The highest BCUT2D eigenvalue weighted by molar-refractivity contribution is 5.95. The van der Waals surface area contributed by atoms with Crippen LogP contribution in [0.5, 0.6) is 0 Å². The van der Waals surface area contributed by atoms with Crippen LogP contribution in [0.4, 0.5) is 5.69 Å². The summed E-state index contributed by atoms with van der Waals surface area (Å²) in [5, 5.41) is 17.0. The van der Waals surface area contributed by atoms with Crippen molar-refractivity contribution in [2.24, 2.45) is 0 Å². The summed E-state index contributed by atoms with van der Waals surface area (Å²) in [6, 6.07) is 4.76. The van der Waals surface area contributed by atoms with Crippen LogP contribution in [-0.4, -0.2) is 30.0 Å². The van der Waals surface area contributed by atoms with E-state index in [9.17, 15) is 14.9 Å². The number of nitrogens with one attached hydrogen (secondary N) is 2. The molecule has 0 aromatic heterocycles. The Labute approximate surface area is 123 Å². The van der Waals surface area contributed by atoms with E-state index in [1.807, 2.05) is 6.92 Å². The van der Waals surface area contributed by atoms with E-state index < -0.39 is 4.92 Å². The number of hydrogen-bond acceptors (Lipinski definition) is 4. The molecule has 1 saturated heterocycles. The first kappa shape index (κ1) is 16.4. The van der Waals surface area contributed by atoms with E-state index in [0.717, 1.165) is 19.5 Å². The van der Waals surface area contributed by atoms with Crippen molar-refractivity contribution >= 4 is 24.0 Å². The number of halogens is 1. The van der Waals surface area contributed by atoms with Crippen LogP contribution in [0, 0.1) is 10.1 Å². The van der Waals surface area contributed by atoms with Crippen molar-refractivity contribution in [3.05, 3.63) is 39.4 Å². The number of nitro benzene ring substituents is 1. The van der Waals surface area contributed by atoms with Gasteiger partial charge in [0.2, 0.25) is 0 Å². The van der Waals surface area contributed by atoms with E-state index in [0.29, 0.717) is 17.5 Å². The molecule has 0 spiro atoms. The van der Waals surface area contributed by atoms with Gasteiger partial charge in [0.25, 0.3) is 11.6 Å². The Morgan fingerprint density at radius 1 is 1.55 bits per heavy atom. The minimum atomic E-state index is -0.438. The second kappa shape index (κ2) is 7.21. The molecule has 0 saturated carbocycles. The summed E-state index contributed by atoms with van der Waals surface area (Å²) in [7, 11) is 0. The van der Waals surface area contributed by atoms with Gasteiger partial charge >= 0.3 is 0 Å². The number of benzene rings is 1. The van der Waals surface area contributed by atoms with Crippen molar-refractivity contribution in [3.63, 3.8) is 0 Å². The highest BCUT2D eigenvalue weighted by Gasteiger charge is 2.20. The molecule has 1 amide bonds. The predicted molar refractivity (Wildman–Crippen MR) is 78.5 cm³/mol. The summed E-state index contributed by atoms with van der Waals surface area (Å²) in [5.41, 5.74) is 1.000. The van der Waals surface area contributed by atoms with Gasteiger partial charge in [-0.2, -0.15) is 0 Å². The van der Waals surface area contributed by atoms with Crippen molar-refractivity contribution < 1.29 is 9.72 Å². The zero-order valence-electron chi connectivity index (χ0n) is 11.2. The Kier molecular flexibility index (Phi) is 5.91. The molecule has 1 aliphatic rings. The Morgan fingerprint density at radius 2 is 2.30 bits per heavy atom. The molecular weight excluding hydrogens is 282 g/mol. The maximum atomic E-state index is 12.0. The predicted octanol–water partition coefficient (Wildman–Crippen LogP) is 1.67. The normalized spacial score (nSPS) is 17.4. The fraction of sp³-hybridized carbons (Fsp3) is 0.462. The Morgan fingerprint density at radius 3 is 2.85 bits per heavy atom. The van der Waals surface area contributed by atoms with Crippen LogP contribution in [0.1, 0.15) is 29.3 Å². The van der Waals surface area contributed by atoms with Crippen LogP contribution in [-0.2, 0) is 6.42 Å². The molecule has 2 N–H and O–H groups in total. The average Bonchev–Trinajstić information content (AvgIpc) is 2.90. The molecule has 1 fully saturated rings. The van der Waals surface area contributed by atoms with Crippen LogP contribution in [0.15, 0.2) is 18.2 Å². The largest absolute Gasteiger partial charge is 0.348 e. The first-order chi connectivity index (χ1) is 9.11. The van der Waals surface area contributed by atoms with Gasteiger partial charge in [-0.05, 0) is 25.5 Å². The van der Waals surface area contributed by atoms with Crippen LogP contribution >= 0.6 is 12.4 Å². The third kappa shape index (κ3) is 3.68. The van der Waals surface area contributed by atoms with Gasteiger partial charge in [-0.1, -0.05) is 13.0 Å². The summed E-state index contributed by atoms with van der Waals surface area (Å²) in [6.45, 7) is 3.49. The Hall–Kier alpha value is -1.66. The van der Waals surface area contributed by atoms with Crippen LogP contribution in [0.2, 0.25) is 0 Å². The second-order valence-corrected chi connectivity index (χ2v) is 4.62. The zero-order valence-corrected chi connectivity index (χ0v) is 12.0. The lowest BCUT2D eigenvalue weighted by Crippen LogP contribution is -2.36. The first-order valence-electron chi connectivity index (χ1n) is 6.40. The van der Waals surface area contributed by atoms with E-state index in [2.05, 4.69) is 10.6 Å². The van der Waals surface area contributed by atoms with Gasteiger partial charge in [-0.15, -0.1) is 12.4 Å². The van der Waals surface area contributed by atoms with Crippen LogP contribution in [0.3, 0.4) is 0 Å². The molecule has 0 radical (unpaired) electrons. The lowest BCUT2D eigenvalue weighted by molar-refractivity contribution is -0.385. The molecule has 20 heavy (non-hydrogen) atoms. The number of rotatable bonds is 4. The molecule has 0 aliphatic carbocycles. The van der Waals surface area contributed by atoms with Crippen LogP contribution < -0.4 is 10.6 Å². The highest BCUT2D eigenvalue weighted by Crippen LogP contribution is 2.21. The quantitative estimate of drug-likeness (QED) is 0.654. The monoisotopic (exact) mass is 299 g/mol. The van der Waals surface area contributed by atoms with Crippen molar-refractivity contribution in [1.82, 2.24) is 10.6 Å². The molecule has 2 rings (SSSR count). The first-order valence-corrected chi connectivity index (χ1v) is 6.40. The van der Waals surface area contributed by atoms with Crippen molar-refractivity contribution in [1.29, 1.82) is 0 Å². The van der Waals surface area contributed by atoms with E-state index in [1.54, 1.807) is 12.1 Å². The summed E-state index contributed by atoms with van der Waals surface area (Å²) in [6.07, 6.45) is 1.46. The summed E-state index contributed by atoms with van der Waals surface area (Å²) in [4.78, 5) is 22.5. The molecule has 1 heterocycles. The maximum Gasteiger partial charge on any atom is 0.273 e. The summed E-state index contributed by atoms with van der Waals surface area (Å²) < 4.78 is 0. The number of amides is 1. The van der Waals surface area contributed by atoms with E-state index in [1.165, 1.54) is 6.07 Å². The maximum absolute atomic E-state index is 12.0.